The number of nitro groups is 1. The van der Waals surface area contributed by atoms with E-state index < -0.39 is 10.8 Å². The van der Waals surface area contributed by atoms with Gasteiger partial charge in [-0.25, -0.2) is 4.98 Å². The molecular weight excluding hydrogens is 414 g/mol. The van der Waals surface area contributed by atoms with Gasteiger partial charge in [-0.15, -0.1) is 0 Å². The number of nitrogens with zero attached hydrogens (tertiary/aromatic N) is 4. The molecule has 2 aromatic carbocycles. The van der Waals surface area contributed by atoms with E-state index in [-0.39, 0.29) is 11.3 Å². The molecule has 1 aromatic heterocycles. The molecule has 8 nitrogen and oxygen atoms in total. The molecule has 29 heavy (non-hydrogen) atoms. The van der Waals surface area contributed by atoms with Crippen LogP contribution >= 0.6 is 22.9 Å². The molecule has 1 aliphatic rings. The first-order chi connectivity index (χ1) is 13.9. The van der Waals surface area contributed by atoms with Crippen molar-refractivity contribution in [3.05, 3.63) is 57.1 Å². The van der Waals surface area contributed by atoms with Gasteiger partial charge in [0.15, 0.2) is 5.13 Å². The molecule has 0 unspecified atom stereocenters. The maximum Gasteiger partial charge on any atom is 0.293 e. The first kappa shape index (κ1) is 19.6. The minimum absolute atomic E-state index is 0.0710. The predicted octanol–water partition coefficient (Wildman–Crippen LogP) is 3.86. The lowest BCUT2D eigenvalue weighted by molar-refractivity contribution is -0.384. The molecule has 0 aliphatic carbocycles. The third-order valence-corrected chi connectivity index (χ3v) is 6.02. The summed E-state index contributed by atoms with van der Waals surface area (Å²) in [5, 5.41) is 15.4. The van der Waals surface area contributed by atoms with Crippen LogP contribution in [0.5, 0.6) is 0 Å². The largest absolute Gasteiger partial charge is 0.363 e. The zero-order valence-electron chi connectivity index (χ0n) is 15.6. The molecule has 150 valence electrons. The number of likely N-dealkylation sites (N-methyl/N-ethyl adjacent to an activating group) is 1. The fourth-order valence-electron chi connectivity index (χ4n) is 3.25. The van der Waals surface area contributed by atoms with Gasteiger partial charge in [0.1, 0.15) is 5.69 Å². The molecule has 0 radical (unpaired) electrons. The number of aromatic nitrogens is 1. The monoisotopic (exact) mass is 431 g/mol. The van der Waals surface area contributed by atoms with Gasteiger partial charge in [-0.2, -0.15) is 0 Å². The Morgan fingerprint density at radius 1 is 1.21 bits per heavy atom. The van der Waals surface area contributed by atoms with E-state index in [1.54, 1.807) is 30.3 Å². The number of thiazole rings is 1. The van der Waals surface area contributed by atoms with Crippen LogP contribution in [-0.4, -0.2) is 53.9 Å². The van der Waals surface area contributed by atoms with Gasteiger partial charge in [-0.3, -0.25) is 20.2 Å². The highest BCUT2D eigenvalue weighted by molar-refractivity contribution is 7.22. The van der Waals surface area contributed by atoms with Gasteiger partial charge in [0.2, 0.25) is 0 Å². The van der Waals surface area contributed by atoms with E-state index >= 15 is 0 Å². The van der Waals surface area contributed by atoms with Crippen LogP contribution in [0.25, 0.3) is 10.2 Å². The molecular formula is C19H18ClN5O3S. The lowest BCUT2D eigenvalue weighted by Crippen LogP contribution is -2.44. The zero-order valence-corrected chi connectivity index (χ0v) is 17.2. The maximum absolute atomic E-state index is 12.6. The molecule has 1 N–H and O–H groups in total. The van der Waals surface area contributed by atoms with Crippen LogP contribution in [0.3, 0.4) is 0 Å². The number of fused-ring (bicyclic) bond motifs is 1. The second-order valence-electron chi connectivity index (χ2n) is 6.84. The third kappa shape index (κ3) is 4.16. The van der Waals surface area contributed by atoms with E-state index in [0.29, 0.717) is 28.9 Å². The molecule has 2 heterocycles. The molecule has 0 bridgehead atoms. The second-order valence-corrected chi connectivity index (χ2v) is 8.30. The Bertz CT molecular complexity index is 1090. The molecule has 3 aromatic rings. The van der Waals surface area contributed by atoms with Crippen LogP contribution in [-0.2, 0) is 0 Å². The number of hydrogen-bond donors (Lipinski definition) is 1. The van der Waals surface area contributed by atoms with Crippen LogP contribution in [0.1, 0.15) is 10.4 Å². The topological polar surface area (TPSA) is 91.6 Å². The van der Waals surface area contributed by atoms with Crippen molar-refractivity contribution in [1.82, 2.24) is 9.88 Å². The normalized spacial score (nSPS) is 14.9. The molecule has 1 fully saturated rings. The van der Waals surface area contributed by atoms with Crippen molar-refractivity contribution in [3.8, 4) is 0 Å². The Kier molecular flexibility index (Phi) is 5.35. The van der Waals surface area contributed by atoms with Crippen LogP contribution < -0.4 is 10.2 Å². The van der Waals surface area contributed by atoms with Crippen molar-refractivity contribution >= 4 is 55.6 Å². The maximum atomic E-state index is 12.6. The summed E-state index contributed by atoms with van der Waals surface area (Å²) in [7, 11) is 2.02. The number of nitro benzene ring substituents is 1. The standard InChI is InChI=1S/C19H18ClN5O3S/c1-23-6-8-24(9-7-23)15-5-2-12(10-16(15)25(27)28)18(26)22-19-21-14-4-3-13(20)11-17(14)29-19/h2-5,10-11H,6-9H2,1H3,(H,21,22,26). The fraction of sp³-hybridized carbons (Fsp3) is 0.263. The van der Waals surface area contributed by atoms with Crippen molar-refractivity contribution in [2.75, 3.05) is 43.4 Å². The summed E-state index contributed by atoms with van der Waals surface area (Å²) in [5.74, 6) is -0.441. The summed E-state index contributed by atoms with van der Waals surface area (Å²) in [6, 6.07) is 9.87. The van der Waals surface area contributed by atoms with Crippen LogP contribution in [0.4, 0.5) is 16.5 Å². The van der Waals surface area contributed by atoms with Gasteiger partial charge in [0, 0.05) is 42.8 Å². The van der Waals surface area contributed by atoms with Gasteiger partial charge < -0.3 is 9.80 Å². The van der Waals surface area contributed by atoms with Crippen molar-refractivity contribution in [1.29, 1.82) is 0 Å². The van der Waals surface area contributed by atoms with Crippen LogP contribution in [0.15, 0.2) is 36.4 Å². The number of carbonyl (C=O) groups is 1. The van der Waals surface area contributed by atoms with E-state index in [1.807, 2.05) is 11.9 Å². The van der Waals surface area contributed by atoms with Crippen LogP contribution in [0, 0.1) is 10.1 Å². The minimum atomic E-state index is -0.441. The van der Waals surface area contributed by atoms with Crippen molar-refractivity contribution in [2.24, 2.45) is 0 Å². The molecule has 0 spiro atoms. The van der Waals surface area contributed by atoms with E-state index in [4.69, 9.17) is 11.6 Å². The lowest BCUT2D eigenvalue weighted by atomic mass is 10.1. The summed E-state index contributed by atoms with van der Waals surface area (Å²) in [5.41, 5.74) is 1.41. The average molecular weight is 432 g/mol. The summed E-state index contributed by atoms with van der Waals surface area (Å²) in [4.78, 5) is 32.3. The Morgan fingerprint density at radius 3 is 2.69 bits per heavy atom. The molecule has 0 saturated carbocycles. The van der Waals surface area contributed by atoms with Gasteiger partial charge in [0.25, 0.3) is 11.6 Å². The van der Waals surface area contributed by atoms with E-state index in [1.165, 1.54) is 17.4 Å². The number of nitrogens with one attached hydrogen (secondary N) is 1. The third-order valence-electron chi connectivity index (χ3n) is 4.85. The van der Waals surface area contributed by atoms with Gasteiger partial charge in [-0.1, -0.05) is 22.9 Å². The Balaban J connectivity index is 1.57. The zero-order chi connectivity index (χ0) is 20.5. The number of hydrogen-bond acceptors (Lipinski definition) is 7. The quantitative estimate of drug-likeness (QED) is 0.498. The highest BCUT2D eigenvalue weighted by Crippen LogP contribution is 2.31. The summed E-state index contributed by atoms with van der Waals surface area (Å²) >= 11 is 7.28. The molecule has 10 heteroatoms. The fourth-order valence-corrected chi connectivity index (χ4v) is 4.38. The summed E-state index contributed by atoms with van der Waals surface area (Å²) in [6.07, 6.45) is 0. The molecule has 1 saturated heterocycles. The van der Waals surface area contributed by atoms with E-state index in [9.17, 15) is 14.9 Å². The minimum Gasteiger partial charge on any atom is -0.363 e. The Morgan fingerprint density at radius 2 is 1.97 bits per heavy atom. The number of benzene rings is 2. The predicted molar refractivity (Wildman–Crippen MR) is 115 cm³/mol. The van der Waals surface area contributed by atoms with Gasteiger partial charge >= 0.3 is 0 Å². The van der Waals surface area contributed by atoms with Gasteiger partial charge in [0.05, 0.1) is 15.1 Å². The number of piperazine rings is 1. The molecule has 1 amide bonds. The first-order valence-corrected chi connectivity index (χ1v) is 10.2. The lowest BCUT2D eigenvalue weighted by Gasteiger charge is -2.33. The highest BCUT2D eigenvalue weighted by atomic mass is 35.5. The summed E-state index contributed by atoms with van der Waals surface area (Å²) < 4.78 is 0.851. The molecule has 1 aliphatic heterocycles. The van der Waals surface area contributed by atoms with Crippen molar-refractivity contribution in [3.63, 3.8) is 0 Å². The number of halogens is 1. The second kappa shape index (κ2) is 7.94. The van der Waals surface area contributed by atoms with E-state index in [2.05, 4.69) is 15.2 Å². The molecule has 0 atom stereocenters. The number of amides is 1. The average Bonchev–Trinajstić information content (AvgIpc) is 3.09. The van der Waals surface area contributed by atoms with Gasteiger partial charge in [-0.05, 0) is 37.4 Å². The van der Waals surface area contributed by atoms with Crippen molar-refractivity contribution < 1.29 is 9.72 Å². The smallest absolute Gasteiger partial charge is 0.293 e. The van der Waals surface area contributed by atoms with Crippen LogP contribution in [0.2, 0.25) is 5.02 Å². The first-order valence-electron chi connectivity index (χ1n) is 9.00. The van der Waals surface area contributed by atoms with Crippen molar-refractivity contribution in [2.45, 2.75) is 0 Å². The Labute approximate surface area is 175 Å². The SMILES string of the molecule is CN1CCN(c2ccc(C(=O)Nc3nc4ccc(Cl)cc4s3)cc2[N+](=O)[O-])CC1. The molecule has 4 rings (SSSR count). The number of anilines is 2. The van der Waals surface area contributed by atoms with E-state index in [0.717, 1.165) is 23.3 Å². The number of rotatable bonds is 4. The number of carbonyl (C=O) groups excluding carboxylic acids is 1. The Hall–Kier alpha value is -2.75. The highest BCUT2D eigenvalue weighted by Gasteiger charge is 2.24. The summed E-state index contributed by atoms with van der Waals surface area (Å²) in [6.45, 7) is 3.08.